The fourth-order valence-electron chi connectivity index (χ4n) is 3.31. The summed E-state index contributed by atoms with van der Waals surface area (Å²) in [6.45, 7) is 0.499. The number of carbonyl (C=O) groups is 1. The van der Waals surface area contributed by atoms with Crippen molar-refractivity contribution in [3.63, 3.8) is 0 Å². The van der Waals surface area contributed by atoms with Crippen molar-refractivity contribution >= 4 is 28.4 Å². The minimum absolute atomic E-state index is 0. The molecule has 0 saturated carbocycles. The first-order valence-corrected chi connectivity index (χ1v) is 9.89. The molecule has 0 radical (unpaired) electrons. The van der Waals surface area contributed by atoms with Crippen molar-refractivity contribution in [3.05, 3.63) is 59.7 Å². The summed E-state index contributed by atoms with van der Waals surface area (Å²) in [5.74, 6) is -0.555. The molecule has 3 rings (SSSR count). The first-order valence-electron chi connectivity index (χ1n) is 8.45. The Morgan fingerprint density at radius 2 is 1.79 bits per heavy atom. The number of methoxy groups -OCH3 is 2. The number of rotatable bonds is 5. The van der Waals surface area contributed by atoms with Crippen LogP contribution in [0.1, 0.15) is 21.8 Å². The smallest absolute Gasteiger partial charge is 0.337 e. The lowest BCUT2D eigenvalue weighted by Crippen LogP contribution is -2.32. The molecule has 0 aliphatic carbocycles. The van der Waals surface area contributed by atoms with E-state index in [0.717, 1.165) is 5.56 Å². The Balaban J connectivity index is 0.00000280. The highest BCUT2D eigenvalue weighted by molar-refractivity contribution is 7.89. The van der Waals surface area contributed by atoms with Crippen LogP contribution in [0.3, 0.4) is 0 Å². The zero-order chi connectivity index (χ0) is 19.6. The fourth-order valence-corrected chi connectivity index (χ4v) is 4.95. The first-order chi connectivity index (χ1) is 12.9. The van der Waals surface area contributed by atoms with Crippen LogP contribution in [0.25, 0.3) is 0 Å². The Hall–Kier alpha value is -2.13. The number of carbonyl (C=O) groups excluding carboxylic acids is 1. The van der Waals surface area contributed by atoms with Crippen LogP contribution in [0.15, 0.2) is 53.4 Å². The lowest BCUT2D eigenvalue weighted by molar-refractivity contribution is 0.0600. The summed E-state index contributed by atoms with van der Waals surface area (Å²) in [5.41, 5.74) is 7.46. The van der Waals surface area contributed by atoms with E-state index >= 15 is 0 Å². The summed E-state index contributed by atoms with van der Waals surface area (Å²) in [7, 11) is -1.21. The van der Waals surface area contributed by atoms with Crippen LogP contribution in [-0.2, 0) is 14.8 Å². The van der Waals surface area contributed by atoms with Gasteiger partial charge in [-0.05, 0) is 23.8 Å². The largest absolute Gasteiger partial charge is 0.495 e. The van der Waals surface area contributed by atoms with Gasteiger partial charge in [-0.25, -0.2) is 13.2 Å². The van der Waals surface area contributed by atoms with Crippen molar-refractivity contribution in [3.8, 4) is 5.75 Å². The number of halogens is 1. The van der Waals surface area contributed by atoms with Crippen LogP contribution < -0.4 is 10.5 Å². The molecule has 2 aromatic carbocycles. The van der Waals surface area contributed by atoms with Gasteiger partial charge in [0.25, 0.3) is 0 Å². The van der Waals surface area contributed by atoms with E-state index in [1.54, 1.807) is 0 Å². The van der Waals surface area contributed by atoms with Gasteiger partial charge in [-0.1, -0.05) is 30.3 Å². The van der Waals surface area contributed by atoms with Crippen LogP contribution in [0.4, 0.5) is 0 Å². The van der Waals surface area contributed by atoms with Crippen LogP contribution in [0.2, 0.25) is 0 Å². The van der Waals surface area contributed by atoms with Gasteiger partial charge in [0.2, 0.25) is 10.0 Å². The van der Waals surface area contributed by atoms with E-state index in [1.807, 2.05) is 30.3 Å². The van der Waals surface area contributed by atoms with Gasteiger partial charge in [-0.15, -0.1) is 12.4 Å². The van der Waals surface area contributed by atoms with Crippen molar-refractivity contribution in [2.24, 2.45) is 5.73 Å². The Labute approximate surface area is 170 Å². The van der Waals surface area contributed by atoms with Crippen LogP contribution >= 0.6 is 12.4 Å². The second-order valence-corrected chi connectivity index (χ2v) is 8.27. The Bertz CT molecular complexity index is 937. The molecular weight excluding hydrogens is 404 g/mol. The predicted octanol–water partition coefficient (Wildman–Crippen LogP) is 2.02. The SMILES string of the molecule is COC(=O)c1ccc(S(=O)(=O)N2C[C@@H](N)[C@H](c3ccccc3)C2)c(OC)c1.Cl. The van der Waals surface area contributed by atoms with E-state index in [-0.39, 0.29) is 53.7 Å². The topological polar surface area (TPSA) is 98.9 Å². The van der Waals surface area contributed by atoms with E-state index in [9.17, 15) is 13.2 Å². The van der Waals surface area contributed by atoms with Crippen molar-refractivity contribution in [2.45, 2.75) is 16.9 Å². The number of benzene rings is 2. The van der Waals surface area contributed by atoms with Crippen molar-refractivity contribution < 1.29 is 22.7 Å². The summed E-state index contributed by atoms with van der Waals surface area (Å²) in [6, 6.07) is 13.5. The monoisotopic (exact) mass is 426 g/mol. The number of sulfonamides is 1. The van der Waals surface area contributed by atoms with Crippen LogP contribution in [0, 0.1) is 0 Å². The number of nitrogens with two attached hydrogens (primary N) is 1. The summed E-state index contributed by atoms with van der Waals surface area (Å²) < 4.78 is 37.6. The number of ether oxygens (including phenoxy) is 2. The minimum Gasteiger partial charge on any atom is -0.495 e. The van der Waals surface area contributed by atoms with Gasteiger partial charge < -0.3 is 15.2 Å². The molecule has 0 spiro atoms. The van der Waals surface area contributed by atoms with E-state index in [1.165, 1.54) is 36.7 Å². The first kappa shape index (κ1) is 22.2. The van der Waals surface area contributed by atoms with E-state index in [4.69, 9.17) is 10.5 Å². The Morgan fingerprint density at radius 3 is 2.39 bits per heavy atom. The molecule has 152 valence electrons. The molecule has 28 heavy (non-hydrogen) atoms. The fraction of sp³-hybridized carbons (Fsp3) is 0.316. The average molecular weight is 427 g/mol. The third-order valence-corrected chi connectivity index (χ3v) is 6.63. The van der Waals surface area contributed by atoms with Crippen molar-refractivity contribution in [1.29, 1.82) is 0 Å². The van der Waals surface area contributed by atoms with Crippen molar-refractivity contribution in [1.82, 2.24) is 4.31 Å². The second kappa shape index (κ2) is 8.91. The highest BCUT2D eigenvalue weighted by atomic mass is 35.5. The third-order valence-electron chi connectivity index (χ3n) is 4.76. The lowest BCUT2D eigenvalue weighted by atomic mass is 9.95. The molecule has 0 bridgehead atoms. The molecule has 2 aromatic rings. The molecule has 7 nitrogen and oxygen atoms in total. The van der Waals surface area contributed by atoms with Gasteiger partial charge in [-0.3, -0.25) is 0 Å². The third kappa shape index (κ3) is 4.15. The molecule has 1 saturated heterocycles. The lowest BCUT2D eigenvalue weighted by Gasteiger charge is -2.18. The molecule has 1 aliphatic heterocycles. The standard InChI is InChI=1S/C19H22N2O5S.ClH/c1-25-17-10-14(19(22)26-2)8-9-18(17)27(23,24)21-11-15(16(20)12-21)13-6-4-3-5-7-13;/h3-10,15-16H,11-12,20H2,1-2H3;1H/t15-,16+;/m0./s1. The maximum Gasteiger partial charge on any atom is 0.337 e. The zero-order valence-corrected chi connectivity index (χ0v) is 17.2. The molecule has 0 amide bonds. The molecular formula is C19H23ClN2O5S. The highest BCUT2D eigenvalue weighted by Crippen LogP contribution is 2.34. The summed E-state index contributed by atoms with van der Waals surface area (Å²) in [6.07, 6.45) is 0. The molecule has 2 atom stereocenters. The van der Waals surface area contributed by atoms with Gasteiger partial charge in [-0.2, -0.15) is 4.31 Å². The predicted molar refractivity (Wildman–Crippen MR) is 107 cm³/mol. The molecule has 2 N–H and O–H groups in total. The highest BCUT2D eigenvalue weighted by Gasteiger charge is 2.39. The maximum atomic E-state index is 13.2. The Morgan fingerprint density at radius 1 is 1.11 bits per heavy atom. The number of hydrogen-bond acceptors (Lipinski definition) is 6. The van der Waals surface area contributed by atoms with E-state index in [0.29, 0.717) is 0 Å². The minimum atomic E-state index is -3.83. The summed E-state index contributed by atoms with van der Waals surface area (Å²) in [5, 5.41) is 0. The normalized spacial score (nSPS) is 19.7. The van der Waals surface area contributed by atoms with Gasteiger partial charge >= 0.3 is 5.97 Å². The average Bonchev–Trinajstić information content (AvgIpc) is 3.10. The molecule has 0 aromatic heterocycles. The van der Waals surface area contributed by atoms with Crippen LogP contribution in [0.5, 0.6) is 5.75 Å². The Kier molecular flexibility index (Phi) is 7.06. The molecule has 1 fully saturated rings. The number of nitrogens with zero attached hydrogens (tertiary/aromatic N) is 1. The van der Waals surface area contributed by atoms with Crippen molar-refractivity contribution in [2.75, 3.05) is 27.3 Å². The van der Waals surface area contributed by atoms with Gasteiger partial charge in [0.15, 0.2) is 0 Å². The summed E-state index contributed by atoms with van der Waals surface area (Å²) in [4.78, 5) is 11.7. The zero-order valence-electron chi connectivity index (χ0n) is 15.6. The maximum absolute atomic E-state index is 13.2. The van der Waals surface area contributed by atoms with Gasteiger partial charge in [0.1, 0.15) is 10.6 Å². The summed E-state index contributed by atoms with van der Waals surface area (Å²) >= 11 is 0. The van der Waals surface area contributed by atoms with E-state index < -0.39 is 16.0 Å². The van der Waals surface area contributed by atoms with Gasteiger partial charge in [0, 0.05) is 25.0 Å². The molecule has 0 unspecified atom stereocenters. The molecule has 9 heteroatoms. The number of esters is 1. The van der Waals surface area contributed by atoms with Crippen LogP contribution in [-0.4, -0.2) is 52.0 Å². The van der Waals surface area contributed by atoms with Gasteiger partial charge in [0.05, 0.1) is 19.8 Å². The number of hydrogen-bond donors (Lipinski definition) is 1. The molecule has 1 heterocycles. The quantitative estimate of drug-likeness (QED) is 0.734. The second-order valence-electron chi connectivity index (χ2n) is 6.36. The van der Waals surface area contributed by atoms with E-state index in [2.05, 4.69) is 4.74 Å². The molecule has 1 aliphatic rings.